The maximum absolute atomic E-state index is 13.3. The Morgan fingerprint density at radius 1 is 1.64 bits per heavy atom. The second-order valence-corrected chi connectivity index (χ2v) is 2.76. The smallest absolute Gasteiger partial charge is 0.310 e. The van der Waals surface area contributed by atoms with E-state index in [0.29, 0.717) is 11.1 Å². The zero-order chi connectivity index (χ0) is 10.6. The third-order valence-electron chi connectivity index (χ3n) is 1.92. The molecule has 0 radical (unpaired) electrons. The Morgan fingerprint density at radius 2 is 2.36 bits per heavy atom. The van der Waals surface area contributed by atoms with Crippen LogP contribution in [0.3, 0.4) is 0 Å². The van der Waals surface area contributed by atoms with E-state index in [1.165, 1.54) is 19.3 Å². The molecule has 1 aromatic carbocycles. The molecule has 0 fully saturated rings. The molecule has 0 bridgehead atoms. The number of hydrogen-bond donors (Lipinski definition) is 0. The summed E-state index contributed by atoms with van der Waals surface area (Å²) < 4.78 is 17.7. The number of esters is 1. The molecule has 0 saturated carbocycles. The van der Waals surface area contributed by atoms with Crippen molar-refractivity contribution in [2.75, 3.05) is 7.11 Å². The van der Waals surface area contributed by atoms with Gasteiger partial charge in [0.05, 0.1) is 13.5 Å². The molecule has 74 valence electrons. The molecule has 1 aromatic rings. The summed E-state index contributed by atoms with van der Waals surface area (Å²) in [6.07, 6.45) is 1.45. The molecule has 0 atom stereocenters. The number of benzene rings is 1. The highest BCUT2D eigenvalue weighted by molar-refractivity contribution is 5.74. The Bertz CT molecular complexity index is 358. The fourth-order valence-corrected chi connectivity index (χ4v) is 1.17. The summed E-state index contributed by atoms with van der Waals surface area (Å²) in [5.41, 5.74) is 0.949. The molecule has 14 heavy (non-hydrogen) atoms. The lowest BCUT2D eigenvalue weighted by Crippen LogP contribution is -2.07. The first-order chi connectivity index (χ1) is 6.69. The highest BCUT2D eigenvalue weighted by Crippen LogP contribution is 2.15. The number of rotatable bonds is 3. The molecular weight excluding hydrogens is 183 g/mol. The minimum atomic E-state index is -0.460. The molecule has 2 nitrogen and oxygen atoms in total. The third-order valence-corrected chi connectivity index (χ3v) is 1.92. The number of methoxy groups -OCH3 is 1. The maximum atomic E-state index is 13.3. The van der Waals surface area contributed by atoms with Crippen molar-refractivity contribution in [3.63, 3.8) is 0 Å². The summed E-state index contributed by atoms with van der Waals surface area (Å²) in [7, 11) is 1.27. The monoisotopic (exact) mass is 194 g/mol. The Hall–Kier alpha value is -1.64. The first kappa shape index (κ1) is 10.4. The van der Waals surface area contributed by atoms with Crippen molar-refractivity contribution >= 4 is 12.0 Å². The first-order valence-electron chi connectivity index (χ1n) is 4.15. The predicted octanol–water partition coefficient (Wildman–Crippen LogP) is 2.18. The lowest BCUT2D eigenvalue weighted by molar-refractivity contribution is -0.139. The van der Waals surface area contributed by atoms with Crippen LogP contribution in [0.25, 0.3) is 6.08 Å². The van der Waals surface area contributed by atoms with Gasteiger partial charge < -0.3 is 4.74 Å². The summed E-state index contributed by atoms with van der Waals surface area (Å²) >= 11 is 0. The normalized spacial score (nSPS) is 9.57. The largest absolute Gasteiger partial charge is 0.469 e. The molecule has 0 spiro atoms. The van der Waals surface area contributed by atoms with Gasteiger partial charge in [-0.05, 0) is 11.6 Å². The van der Waals surface area contributed by atoms with Crippen molar-refractivity contribution in [1.29, 1.82) is 0 Å². The lowest BCUT2D eigenvalue weighted by atomic mass is 10.0. The average molecular weight is 194 g/mol. The van der Waals surface area contributed by atoms with Gasteiger partial charge in [-0.3, -0.25) is 4.79 Å². The fourth-order valence-electron chi connectivity index (χ4n) is 1.17. The number of hydrogen-bond acceptors (Lipinski definition) is 2. The molecule has 0 aliphatic heterocycles. The van der Waals surface area contributed by atoms with Gasteiger partial charge in [0.15, 0.2) is 0 Å². The van der Waals surface area contributed by atoms with Gasteiger partial charge in [0.25, 0.3) is 0 Å². The molecule has 0 aromatic heterocycles. The number of halogens is 1. The van der Waals surface area contributed by atoms with Crippen molar-refractivity contribution in [1.82, 2.24) is 0 Å². The molecule has 0 aliphatic rings. The minimum absolute atomic E-state index is 0.0650. The lowest BCUT2D eigenvalue weighted by Gasteiger charge is -2.05. The average Bonchev–Trinajstić information content (AvgIpc) is 2.20. The molecule has 0 amide bonds. The topological polar surface area (TPSA) is 26.3 Å². The molecule has 0 aliphatic carbocycles. The van der Waals surface area contributed by atoms with Crippen molar-refractivity contribution < 1.29 is 13.9 Å². The van der Waals surface area contributed by atoms with E-state index in [9.17, 15) is 9.18 Å². The van der Waals surface area contributed by atoms with Crippen LogP contribution in [0.1, 0.15) is 11.1 Å². The van der Waals surface area contributed by atoms with Gasteiger partial charge in [0, 0.05) is 5.56 Å². The van der Waals surface area contributed by atoms with Crippen molar-refractivity contribution in [2.24, 2.45) is 0 Å². The van der Waals surface area contributed by atoms with Crippen LogP contribution in [0, 0.1) is 5.82 Å². The summed E-state index contributed by atoms with van der Waals surface area (Å²) in [6.45, 7) is 3.55. The Labute approximate surface area is 82.0 Å². The first-order valence-corrected chi connectivity index (χ1v) is 4.15. The van der Waals surface area contributed by atoms with Crippen LogP contribution in [0.2, 0.25) is 0 Å². The molecule has 0 unspecified atom stereocenters. The Balaban J connectivity index is 3.04. The number of carbonyl (C=O) groups excluding carboxylic acids is 1. The number of carbonyl (C=O) groups is 1. The van der Waals surface area contributed by atoms with Crippen LogP contribution in [0.4, 0.5) is 4.39 Å². The van der Waals surface area contributed by atoms with Crippen LogP contribution in [0.5, 0.6) is 0 Å². The van der Waals surface area contributed by atoms with E-state index in [-0.39, 0.29) is 6.42 Å². The van der Waals surface area contributed by atoms with Crippen molar-refractivity contribution in [3.8, 4) is 0 Å². The van der Waals surface area contributed by atoms with E-state index in [0.717, 1.165) is 0 Å². The van der Waals surface area contributed by atoms with Gasteiger partial charge >= 0.3 is 5.97 Å². The van der Waals surface area contributed by atoms with E-state index in [1.807, 2.05) is 0 Å². The second-order valence-electron chi connectivity index (χ2n) is 2.76. The van der Waals surface area contributed by atoms with Crippen molar-refractivity contribution in [3.05, 3.63) is 41.7 Å². The molecule has 3 heteroatoms. The van der Waals surface area contributed by atoms with Gasteiger partial charge in [0.1, 0.15) is 5.82 Å². The van der Waals surface area contributed by atoms with Crippen LogP contribution >= 0.6 is 0 Å². The molecule has 0 saturated heterocycles. The maximum Gasteiger partial charge on any atom is 0.310 e. The minimum Gasteiger partial charge on any atom is -0.469 e. The standard InChI is InChI=1S/C11H11FO2/c1-3-8-5-4-6-10(12)9(8)7-11(13)14-2/h3-6H,1,7H2,2H3. The van der Waals surface area contributed by atoms with Crippen molar-refractivity contribution in [2.45, 2.75) is 6.42 Å². The van der Waals surface area contributed by atoms with E-state index < -0.39 is 11.8 Å². The highest BCUT2D eigenvalue weighted by atomic mass is 19.1. The molecule has 0 heterocycles. The predicted molar refractivity (Wildman–Crippen MR) is 52.2 cm³/mol. The quantitative estimate of drug-likeness (QED) is 0.689. The van der Waals surface area contributed by atoms with Gasteiger partial charge in [-0.15, -0.1) is 0 Å². The van der Waals surface area contributed by atoms with Gasteiger partial charge in [-0.25, -0.2) is 4.39 Å². The fraction of sp³-hybridized carbons (Fsp3) is 0.182. The van der Waals surface area contributed by atoms with Gasteiger partial charge in [-0.2, -0.15) is 0 Å². The van der Waals surface area contributed by atoms with Gasteiger partial charge in [-0.1, -0.05) is 24.8 Å². The third kappa shape index (κ3) is 2.19. The van der Waals surface area contributed by atoms with Crippen LogP contribution < -0.4 is 0 Å². The highest BCUT2D eigenvalue weighted by Gasteiger charge is 2.10. The van der Waals surface area contributed by atoms with Crippen LogP contribution in [-0.2, 0) is 16.0 Å². The summed E-state index contributed by atoms with van der Waals surface area (Å²) in [4.78, 5) is 11.0. The van der Waals surface area contributed by atoms with E-state index in [4.69, 9.17) is 0 Å². The molecule has 1 rings (SSSR count). The Kier molecular flexibility index (Phi) is 3.40. The molecular formula is C11H11FO2. The summed E-state index contributed by atoms with van der Waals surface area (Å²) in [5, 5.41) is 0. The van der Waals surface area contributed by atoms with E-state index >= 15 is 0 Å². The second kappa shape index (κ2) is 4.56. The van der Waals surface area contributed by atoms with Gasteiger partial charge in [0.2, 0.25) is 0 Å². The summed E-state index contributed by atoms with van der Waals surface area (Å²) in [5.74, 6) is -0.869. The Morgan fingerprint density at radius 3 is 2.93 bits per heavy atom. The van der Waals surface area contributed by atoms with E-state index in [2.05, 4.69) is 11.3 Å². The van der Waals surface area contributed by atoms with E-state index in [1.54, 1.807) is 12.1 Å². The van der Waals surface area contributed by atoms with Crippen LogP contribution in [0.15, 0.2) is 24.8 Å². The molecule has 0 N–H and O–H groups in total. The zero-order valence-corrected chi connectivity index (χ0v) is 7.92. The number of ether oxygens (including phenoxy) is 1. The summed E-state index contributed by atoms with van der Waals surface area (Å²) in [6, 6.07) is 4.59. The van der Waals surface area contributed by atoms with Crippen LogP contribution in [-0.4, -0.2) is 13.1 Å². The SMILES string of the molecule is C=Cc1cccc(F)c1CC(=O)OC. The zero-order valence-electron chi connectivity index (χ0n) is 7.92.